The molecule has 3 aromatic rings. The van der Waals surface area contributed by atoms with Crippen molar-refractivity contribution in [2.75, 3.05) is 6.61 Å². The highest BCUT2D eigenvalue weighted by molar-refractivity contribution is 7.72. The van der Waals surface area contributed by atoms with Crippen molar-refractivity contribution in [1.82, 2.24) is 0 Å². The maximum absolute atomic E-state index is 11.2. The average Bonchev–Trinajstić information content (AvgIpc) is 3.43. The Kier molecular flexibility index (Phi) is 6.18. The largest absolute Gasteiger partial charge is 0.492 e. The third-order valence-electron chi connectivity index (χ3n) is 6.68. The van der Waals surface area contributed by atoms with Gasteiger partial charge >= 0.3 is 5.97 Å². The summed E-state index contributed by atoms with van der Waals surface area (Å²) < 4.78 is 34.4. The highest BCUT2D eigenvalue weighted by Crippen LogP contribution is 2.42. The van der Waals surface area contributed by atoms with Gasteiger partial charge in [-0.1, -0.05) is 24.3 Å². The molecule has 0 amide bonds. The molecule has 3 aromatic carbocycles. The first-order chi connectivity index (χ1) is 16.9. The Hall–Kier alpha value is -3.83. The fraction of sp³-hybridized carbons (Fsp3) is 0.259. The summed E-state index contributed by atoms with van der Waals surface area (Å²) >= 11 is 0. The van der Waals surface area contributed by atoms with Gasteiger partial charge in [0.25, 0.3) is 0 Å². The van der Waals surface area contributed by atoms with Gasteiger partial charge in [0.15, 0.2) is 10.7 Å². The van der Waals surface area contributed by atoms with Gasteiger partial charge in [0, 0.05) is 17.5 Å². The van der Waals surface area contributed by atoms with Crippen LogP contribution in [-0.4, -0.2) is 26.1 Å². The Balaban J connectivity index is 1.38. The summed E-state index contributed by atoms with van der Waals surface area (Å²) in [5.74, 6) is 0.319. The lowest BCUT2D eigenvalue weighted by atomic mass is 9.92. The monoisotopic (exact) mass is 489 g/mol. The fourth-order valence-corrected chi connectivity index (χ4v) is 5.37. The van der Waals surface area contributed by atoms with E-state index >= 15 is 0 Å². The standard InChI is InChI=1S/C27H23NO6S/c28-14-17-3-7-23-22(24(17)11-16-1-5-20(6-2-16)35(31)32)9-10-25(23)34-19-4-8-21-18(12-27(29)30)15-33-26(21)13-19/h1-8,13,18,25,35H,9-12,15H2,(H,29,30)/t18-,25-/m1/s1. The number of nitriles is 1. The summed E-state index contributed by atoms with van der Waals surface area (Å²) in [6, 6.07) is 18.3. The number of thiol groups is 1. The number of nitrogens with zero attached hydrogens (tertiary/aromatic N) is 1. The number of hydrogen-bond donors (Lipinski definition) is 2. The van der Waals surface area contributed by atoms with Gasteiger partial charge in [0.2, 0.25) is 0 Å². The summed E-state index contributed by atoms with van der Waals surface area (Å²) in [6.45, 7) is 0.351. The second kappa shape index (κ2) is 9.43. The predicted octanol–water partition coefficient (Wildman–Crippen LogP) is 4.14. The predicted molar refractivity (Wildman–Crippen MR) is 128 cm³/mol. The van der Waals surface area contributed by atoms with E-state index in [0.717, 1.165) is 40.7 Å². The SMILES string of the molecule is N#Cc1ccc2c(c1Cc1ccc([SH](=O)=O)cc1)CC[C@H]2Oc1ccc2c(c1)OC[C@H]2CC(=O)O. The van der Waals surface area contributed by atoms with E-state index in [-0.39, 0.29) is 23.3 Å². The minimum atomic E-state index is -2.62. The van der Waals surface area contributed by atoms with Crippen molar-refractivity contribution >= 4 is 16.7 Å². The van der Waals surface area contributed by atoms with Crippen LogP contribution in [0.15, 0.2) is 59.5 Å². The molecule has 0 bridgehead atoms. The number of ether oxygens (including phenoxy) is 2. The smallest absolute Gasteiger partial charge is 0.304 e. The van der Waals surface area contributed by atoms with Crippen LogP contribution in [0, 0.1) is 11.3 Å². The number of hydrogen-bond acceptors (Lipinski definition) is 6. The van der Waals surface area contributed by atoms with Crippen molar-refractivity contribution in [3.8, 4) is 17.6 Å². The Morgan fingerprint density at radius 1 is 1.11 bits per heavy atom. The number of fused-ring (bicyclic) bond motifs is 2. The maximum atomic E-state index is 11.2. The van der Waals surface area contributed by atoms with Crippen LogP contribution in [0.2, 0.25) is 0 Å². The topological polar surface area (TPSA) is 114 Å². The van der Waals surface area contributed by atoms with Crippen LogP contribution in [0.25, 0.3) is 0 Å². The van der Waals surface area contributed by atoms with Crippen LogP contribution in [-0.2, 0) is 28.3 Å². The summed E-state index contributed by atoms with van der Waals surface area (Å²) in [6.07, 6.45) is 1.94. The molecule has 1 aliphatic carbocycles. The lowest BCUT2D eigenvalue weighted by Gasteiger charge is -2.17. The first-order valence-corrected chi connectivity index (χ1v) is 12.5. The van der Waals surface area contributed by atoms with Gasteiger partial charge < -0.3 is 14.6 Å². The van der Waals surface area contributed by atoms with E-state index in [9.17, 15) is 18.5 Å². The normalized spacial score (nSPS) is 17.9. The Morgan fingerprint density at radius 2 is 1.89 bits per heavy atom. The van der Waals surface area contributed by atoms with Crippen molar-refractivity contribution in [3.05, 3.63) is 88.0 Å². The Morgan fingerprint density at radius 3 is 2.60 bits per heavy atom. The molecule has 0 spiro atoms. The number of carboxylic acids is 1. The van der Waals surface area contributed by atoms with Crippen molar-refractivity contribution in [2.24, 2.45) is 0 Å². The lowest BCUT2D eigenvalue weighted by molar-refractivity contribution is -0.137. The van der Waals surface area contributed by atoms with Crippen molar-refractivity contribution < 1.29 is 27.8 Å². The number of carbonyl (C=O) groups is 1. The molecule has 0 fully saturated rings. The number of benzene rings is 3. The highest BCUT2D eigenvalue weighted by atomic mass is 32.2. The molecule has 5 rings (SSSR count). The van der Waals surface area contributed by atoms with Crippen LogP contribution in [0.3, 0.4) is 0 Å². The zero-order valence-electron chi connectivity index (χ0n) is 18.8. The second-order valence-electron chi connectivity index (χ2n) is 8.82. The first-order valence-electron chi connectivity index (χ1n) is 11.4. The van der Waals surface area contributed by atoms with Gasteiger partial charge in [-0.3, -0.25) is 4.79 Å². The van der Waals surface area contributed by atoms with Gasteiger partial charge in [-0.15, -0.1) is 0 Å². The molecule has 178 valence electrons. The van der Waals surface area contributed by atoms with Crippen LogP contribution >= 0.6 is 0 Å². The van der Waals surface area contributed by atoms with Crippen molar-refractivity contribution in [3.63, 3.8) is 0 Å². The molecule has 0 unspecified atom stereocenters. The number of carboxylic acid groups (broad SMARTS) is 1. The third-order valence-corrected chi connectivity index (χ3v) is 7.40. The highest BCUT2D eigenvalue weighted by Gasteiger charge is 2.30. The van der Waals surface area contributed by atoms with Crippen LogP contribution in [0.4, 0.5) is 0 Å². The van der Waals surface area contributed by atoms with E-state index in [1.165, 1.54) is 0 Å². The zero-order chi connectivity index (χ0) is 24.5. The summed E-state index contributed by atoms with van der Waals surface area (Å²) in [4.78, 5) is 11.4. The second-order valence-corrected chi connectivity index (χ2v) is 9.85. The maximum Gasteiger partial charge on any atom is 0.304 e. The quantitative estimate of drug-likeness (QED) is 0.480. The first kappa shape index (κ1) is 22.9. The molecule has 2 aliphatic rings. The zero-order valence-corrected chi connectivity index (χ0v) is 19.7. The summed E-state index contributed by atoms with van der Waals surface area (Å²) in [7, 11) is -2.62. The Labute approximate surface area is 204 Å². The summed E-state index contributed by atoms with van der Waals surface area (Å²) in [5, 5.41) is 18.8. The van der Waals surface area contributed by atoms with E-state index in [1.807, 2.05) is 30.3 Å². The molecule has 1 heterocycles. The third kappa shape index (κ3) is 4.60. The molecule has 1 N–H and O–H groups in total. The van der Waals surface area contributed by atoms with Crippen molar-refractivity contribution in [2.45, 2.75) is 42.6 Å². The van der Waals surface area contributed by atoms with Gasteiger partial charge in [-0.2, -0.15) is 5.26 Å². The van der Waals surface area contributed by atoms with Gasteiger partial charge in [-0.25, -0.2) is 8.42 Å². The molecule has 7 nitrogen and oxygen atoms in total. The molecule has 8 heteroatoms. The summed E-state index contributed by atoms with van der Waals surface area (Å²) in [5.41, 5.74) is 5.53. The molecular formula is C27H23NO6S. The van der Waals surface area contributed by atoms with Crippen LogP contribution in [0.5, 0.6) is 11.5 Å². The molecule has 0 saturated heterocycles. The van der Waals surface area contributed by atoms with E-state index in [2.05, 4.69) is 6.07 Å². The molecule has 0 aromatic heterocycles. The number of aliphatic carboxylic acids is 1. The van der Waals surface area contributed by atoms with E-state index < -0.39 is 16.7 Å². The molecule has 2 atom stereocenters. The van der Waals surface area contributed by atoms with E-state index in [0.29, 0.717) is 30.1 Å². The average molecular weight is 490 g/mol. The lowest BCUT2D eigenvalue weighted by Crippen LogP contribution is -2.07. The van der Waals surface area contributed by atoms with Crippen LogP contribution in [0.1, 0.15) is 58.2 Å². The molecule has 1 aliphatic heterocycles. The van der Waals surface area contributed by atoms with Gasteiger partial charge in [-0.05, 0) is 65.8 Å². The van der Waals surface area contributed by atoms with Crippen molar-refractivity contribution in [1.29, 1.82) is 5.26 Å². The van der Waals surface area contributed by atoms with Gasteiger partial charge in [0.05, 0.1) is 29.6 Å². The van der Waals surface area contributed by atoms with E-state index in [1.54, 1.807) is 24.3 Å². The van der Waals surface area contributed by atoms with Gasteiger partial charge in [0.1, 0.15) is 17.6 Å². The number of rotatable bonds is 7. The Bertz CT molecular complexity index is 1410. The van der Waals surface area contributed by atoms with E-state index in [4.69, 9.17) is 14.6 Å². The minimum Gasteiger partial charge on any atom is -0.492 e. The molecule has 0 radical (unpaired) electrons. The molecular weight excluding hydrogens is 466 g/mol. The molecule has 0 saturated carbocycles. The fourth-order valence-electron chi connectivity index (χ4n) is 4.98. The minimum absolute atomic E-state index is 0.0329. The van der Waals surface area contributed by atoms with Crippen LogP contribution < -0.4 is 9.47 Å². The molecule has 35 heavy (non-hydrogen) atoms.